The largest absolute Gasteiger partial charge is 0.496 e. The highest BCUT2D eigenvalue weighted by Gasteiger charge is 2.52. The Morgan fingerprint density at radius 3 is 2.15 bits per heavy atom. The molecule has 0 bridgehead atoms. The van der Waals surface area contributed by atoms with Gasteiger partial charge in [-0.1, -0.05) is 51.1 Å². The van der Waals surface area contributed by atoms with E-state index in [9.17, 15) is 0 Å². The first-order valence-corrected chi connectivity index (χ1v) is 10.1. The van der Waals surface area contributed by atoms with Crippen LogP contribution in [0.5, 0.6) is 0 Å². The Morgan fingerprint density at radius 1 is 0.885 bits per heavy atom. The maximum Gasteiger partial charge on any atom is 0.496 e. The van der Waals surface area contributed by atoms with Gasteiger partial charge in [0.15, 0.2) is 0 Å². The van der Waals surface area contributed by atoms with Crippen LogP contribution in [0.15, 0.2) is 36.4 Å². The molecule has 2 nitrogen and oxygen atoms in total. The molecule has 1 saturated heterocycles. The highest BCUT2D eigenvalue weighted by molar-refractivity contribution is 7.27. The summed E-state index contributed by atoms with van der Waals surface area (Å²) >= 11 is 1.85. The van der Waals surface area contributed by atoms with E-state index < -0.39 is 0 Å². The highest BCUT2D eigenvalue weighted by atomic mass is 32.1. The van der Waals surface area contributed by atoms with Crippen LogP contribution in [0.3, 0.4) is 0 Å². The molecule has 4 rings (SSSR count). The Labute approximate surface area is 160 Å². The second-order valence-electron chi connectivity index (χ2n) is 9.38. The summed E-state index contributed by atoms with van der Waals surface area (Å²) in [5.41, 5.74) is 2.01. The molecule has 0 saturated carbocycles. The molecule has 0 spiro atoms. The third kappa shape index (κ3) is 2.70. The van der Waals surface area contributed by atoms with Gasteiger partial charge >= 0.3 is 7.12 Å². The summed E-state index contributed by atoms with van der Waals surface area (Å²) in [6.07, 6.45) is 0. The maximum atomic E-state index is 6.32. The highest BCUT2D eigenvalue weighted by Crippen LogP contribution is 2.39. The molecule has 0 unspecified atom stereocenters. The third-order valence-electron chi connectivity index (χ3n) is 5.90. The van der Waals surface area contributed by atoms with Crippen LogP contribution in [0.25, 0.3) is 20.2 Å². The summed E-state index contributed by atoms with van der Waals surface area (Å²) in [7, 11) is -0.321. The van der Waals surface area contributed by atoms with Crippen molar-refractivity contribution in [2.24, 2.45) is 0 Å². The van der Waals surface area contributed by atoms with Gasteiger partial charge in [-0.05, 0) is 50.1 Å². The molecule has 1 aliphatic rings. The third-order valence-corrected chi connectivity index (χ3v) is 7.12. The molecule has 2 aromatic carbocycles. The summed E-state index contributed by atoms with van der Waals surface area (Å²) in [5, 5.41) is 2.61. The second-order valence-corrected chi connectivity index (χ2v) is 10.4. The van der Waals surface area contributed by atoms with E-state index in [-0.39, 0.29) is 23.7 Å². The lowest BCUT2D eigenvalue weighted by molar-refractivity contribution is 0.00578. The van der Waals surface area contributed by atoms with Crippen molar-refractivity contribution in [1.82, 2.24) is 0 Å². The molecule has 0 radical (unpaired) electrons. The van der Waals surface area contributed by atoms with Crippen LogP contribution in [-0.2, 0) is 14.7 Å². The van der Waals surface area contributed by atoms with Crippen LogP contribution in [-0.4, -0.2) is 18.3 Å². The maximum absolute atomic E-state index is 6.32. The smallest absolute Gasteiger partial charge is 0.399 e. The first-order valence-electron chi connectivity index (χ1n) is 9.31. The second kappa shape index (κ2) is 5.57. The lowest BCUT2D eigenvalue weighted by Gasteiger charge is -2.32. The minimum Gasteiger partial charge on any atom is -0.399 e. The van der Waals surface area contributed by atoms with Crippen molar-refractivity contribution in [2.45, 2.75) is 65.1 Å². The van der Waals surface area contributed by atoms with Crippen LogP contribution >= 0.6 is 11.3 Å². The number of benzene rings is 2. The van der Waals surface area contributed by atoms with Gasteiger partial charge in [-0.3, -0.25) is 0 Å². The Kier molecular flexibility index (Phi) is 3.86. The Morgan fingerprint density at radius 2 is 1.54 bits per heavy atom. The van der Waals surface area contributed by atoms with Crippen molar-refractivity contribution in [3.8, 4) is 0 Å². The van der Waals surface area contributed by atoms with Gasteiger partial charge in [0.25, 0.3) is 0 Å². The van der Waals surface area contributed by atoms with Gasteiger partial charge in [0.05, 0.1) is 11.2 Å². The molecular formula is C22H27BO2S. The Hall–Kier alpha value is -1.36. The van der Waals surface area contributed by atoms with E-state index in [4.69, 9.17) is 9.31 Å². The molecule has 1 aliphatic heterocycles. The molecule has 136 valence electrons. The van der Waals surface area contributed by atoms with Crippen molar-refractivity contribution in [3.63, 3.8) is 0 Å². The summed E-state index contributed by atoms with van der Waals surface area (Å²) in [5.74, 6) is 0. The van der Waals surface area contributed by atoms with E-state index in [0.717, 1.165) is 5.46 Å². The molecule has 1 aromatic heterocycles. The molecular weight excluding hydrogens is 339 g/mol. The van der Waals surface area contributed by atoms with Crippen molar-refractivity contribution in [3.05, 3.63) is 42.0 Å². The molecule has 0 aliphatic carbocycles. The minimum atomic E-state index is -0.323. The molecule has 1 fully saturated rings. The molecule has 2 heterocycles. The van der Waals surface area contributed by atoms with E-state index >= 15 is 0 Å². The fourth-order valence-corrected chi connectivity index (χ4v) is 4.71. The first-order chi connectivity index (χ1) is 12.0. The van der Waals surface area contributed by atoms with Crippen LogP contribution in [0.4, 0.5) is 0 Å². The van der Waals surface area contributed by atoms with Crippen molar-refractivity contribution in [2.75, 3.05) is 0 Å². The van der Waals surface area contributed by atoms with Gasteiger partial charge < -0.3 is 9.31 Å². The van der Waals surface area contributed by atoms with Gasteiger partial charge in [0, 0.05) is 20.2 Å². The van der Waals surface area contributed by atoms with E-state index in [0.29, 0.717) is 0 Å². The standard InChI is InChI=1S/C22H27BO2S/c1-20(2,3)14-11-12-15-16-9-8-10-17(19(16)26-18(15)13-14)23-24-21(4,5)22(6,7)25-23/h8-13H,1-7H3. The average molecular weight is 366 g/mol. The predicted octanol–water partition coefficient (Wildman–Crippen LogP) is 5.65. The molecule has 4 heteroatoms. The van der Waals surface area contributed by atoms with Crippen LogP contribution in [0.1, 0.15) is 54.0 Å². The molecule has 3 aromatic rings. The van der Waals surface area contributed by atoms with E-state index in [2.05, 4.69) is 84.9 Å². The molecule has 0 N–H and O–H groups in total. The predicted molar refractivity (Wildman–Crippen MR) is 114 cm³/mol. The van der Waals surface area contributed by atoms with Crippen LogP contribution < -0.4 is 5.46 Å². The van der Waals surface area contributed by atoms with Crippen molar-refractivity contribution >= 4 is 44.1 Å². The lowest BCUT2D eigenvalue weighted by Crippen LogP contribution is -2.41. The fourth-order valence-electron chi connectivity index (χ4n) is 3.44. The van der Waals surface area contributed by atoms with Gasteiger partial charge in [-0.15, -0.1) is 11.3 Å². The zero-order valence-electron chi connectivity index (χ0n) is 16.8. The normalized spacial score (nSPS) is 19.6. The minimum absolute atomic E-state index is 0.152. The summed E-state index contributed by atoms with van der Waals surface area (Å²) < 4.78 is 15.2. The van der Waals surface area contributed by atoms with Gasteiger partial charge in [0.2, 0.25) is 0 Å². The quantitative estimate of drug-likeness (QED) is 0.518. The number of hydrogen-bond acceptors (Lipinski definition) is 3. The topological polar surface area (TPSA) is 18.5 Å². The summed E-state index contributed by atoms with van der Waals surface area (Å²) in [4.78, 5) is 0. The van der Waals surface area contributed by atoms with Crippen molar-refractivity contribution < 1.29 is 9.31 Å². The number of rotatable bonds is 1. The van der Waals surface area contributed by atoms with E-state index in [1.807, 2.05) is 11.3 Å². The van der Waals surface area contributed by atoms with Crippen LogP contribution in [0, 0.1) is 0 Å². The van der Waals surface area contributed by atoms with Gasteiger partial charge in [-0.2, -0.15) is 0 Å². The number of thiophene rings is 1. The van der Waals surface area contributed by atoms with Gasteiger partial charge in [-0.25, -0.2) is 0 Å². The Bertz CT molecular complexity index is 978. The zero-order chi connectivity index (χ0) is 18.9. The molecule has 0 atom stereocenters. The van der Waals surface area contributed by atoms with E-state index in [1.165, 1.54) is 25.7 Å². The molecule has 26 heavy (non-hydrogen) atoms. The van der Waals surface area contributed by atoms with E-state index in [1.54, 1.807) is 0 Å². The lowest BCUT2D eigenvalue weighted by atomic mass is 9.78. The van der Waals surface area contributed by atoms with Gasteiger partial charge in [0.1, 0.15) is 0 Å². The molecule has 0 amide bonds. The first kappa shape index (κ1) is 18.0. The Balaban J connectivity index is 1.87. The number of hydrogen-bond donors (Lipinski definition) is 0. The summed E-state index contributed by atoms with van der Waals surface area (Å²) in [6.45, 7) is 15.2. The monoisotopic (exact) mass is 366 g/mol. The average Bonchev–Trinajstić information content (AvgIpc) is 2.99. The summed E-state index contributed by atoms with van der Waals surface area (Å²) in [6, 6.07) is 13.3. The fraction of sp³-hybridized carbons (Fsp3) is 0.455. The van der Waals surface area contributed by atoms with Crippen molar-refractivity contribution in [1.29, 1.82) is 0 Å². The van der Waals surface area contributed by atoms with Crippen LogP contribution in [0.2, 0.25) is 0 Å². The zero-order valence-corrected chi connectivity index (χ0v) is 17.6. The SMILES string of the molecule is CC(C)(C)c1ccc2c(c1)sc1c(B3OC(C)(C)C(C)(C)O3)cccc12. The number of fused-ring (bicyclic) bond motifs is 3.